The fourth-order valence-electron chi connectivity index (χ4n) is 1.47. The van der Waals surface area contributed by atoms with E-state index in [1.807, 2.05) is 19.1 Å². The highest BCUT2D eigenvalue weighted by Gasteiger charge is 2.11. The molecule has 0 radical (unpaired) electrons. The van der Waals surface area contributed by atoms with Gasteiger partial charge in [-0.1, -0.05) is 0 Å². The summed E-state index contributed by atoms with van der Waals surface area (Å²) in [6, 6.07) is 4.45. The first kappa shape index (κ1) is 11.3. The maximum atomic E-state index is 8.76. The predicted octanol–water partition coefficient (Wildman–Crippen LogP) is 2.01. The van der Waals surface area contributed by atoms with Crippen molar-refractivity contribution < 1.29 is 9.52 Å². The molecule has 0 saturated heterocycles. The van der Waals surface area contributed by atoms with Gasteiger partial charge in [0.25, 0.3) is 0 Å². The molecule has 0 fully saturated rings. The highest BCUT2D eigenvalue weighted by molar-refractivity contribution is 5.08. The Kier molecular flexibility index (Phi) is 4.17. The monoisotopic (exact) mass is 197 g/mol. The summed E-state index contributed by atoms with van der Waals surface area (Å²) in [5.74, 6) is 1.88. The third kappa shape index (κ3) is 3.16. The van der Waals surface area contributed by atoms with Crippen molar-refractivity contribution in [3.63, 3.8) is 0 Å². The summed E-state index contributed by atoms with van der Waals surface area (Å²) >= 11 is 0. The van der Waals surface area contributed by atoms with Crippen LogP contribution in [0.3, 0.4) is 0 Å². The lowest BCUT2D eigenvalue weighted by Crippen LogP contribution is -2.29. The first-order valence-electron chi connectivity index (χ1n) is 5.06. The first-order valence-corrected chi connectivity index (χ1v) is 5.06. The Hall–Kier alpha value is -0.800. The normalized spacial score (nSPS) is 15.4. The number of furan rings is 1. The van der Waals surface area contributed by atoms with E-state index in [1.54, 1.807) is 0 Å². The van der Waals surface area contributed by atoms with Gasteiger partial charge in [-0.25, -0.2) is 0 Å². The number of aliphatic hydroxyl groups excluding tert-OH is 1. The van der Waals surface area contributed by atoms with Gasteiger partial charge in [0.1, 0.15) is 11.5 Å². The molecule has 1 heterocycles. The van der Waals surface area contributed by atoms with Crippen molar-refractivity contribution in [1.29, 1.82) is 0 Å². The molecule has 2 unspecified atom stereocenters. The van der Waals surface area contributed by atoms with E-state index in [-0.39, 0.29) is 12.6 Å². The second kappa shape index (κ2) is 5.17. The van der Waals surface area contributed by atoms with Gasteiger partial charge in [-0.2, -0.15) is 0 Å². The molecule has 0 aliphatic carbocycles. The van der Waals surface area contributed by atoms with Crippen molar-refractivity contribution in [2.75, 3.05) is 6.61 Å². The van der Waals surface area contributed by atoms with Crippen LogP contribution in [0.4, 0.5) is 0 Å². The van der Waals surface area contributed by atoms with Gasteiger partial charge in [-0.3, -0.25) is 0 Å². The van der Waals surface area contributed by atoms with Gasteiger partial charge < -0.3 is 14.8 Å². The predicted molar refractivity (Wildman–Crippen MR) is 56.2 cm³/mol. The Morgan fingerprint density at radius 3 is 2.64 bits per heavy atom. The second-order valence-electron chi connectivity index (χ2n) is 3.75. The van der Waals surface area contributed by atoms with Crippen molar-refractivity contribution in [3.05, 3.63) is 23.7 Å². The molecule has 80 valence electrons. The molecule has 2 atom stereocenters. The zero-order valence-corrected chi connectivity index (χ0v) is 9.08. The molecule has 3 nitrogen and oxygen atoms in total. The van der Waals surface area contributed by atoms with Gasteiger partial charge in [0.15, 0.2) is 0 Å². The minimum Gasteiger partial charge on any atom is -0.465 e. The molecular formula is C11H19NO2. The number of nitrogens with one attached hydrogen (secondary N) is 1. The first-order chi connectivity index (χ1) is 6.63. The molecule has 2 N–H and O–H groups in total. The molecule has 1 rings (SSSR count). The summed E-state index contributed by atoms with van der Waals surface area (Å²) in [5, 5.41) is 12.1. The van der Waals surface area contributed by atoms with Crippen LogP contribution < -0.4 is 5.32 Å². The van der Waals surface area contributed by atoms with E-state index in [9.17, 15) is 0 Å². The van der Waals surface area contributed by atoms with Crippen LogP contribution in [0.15, 0.2) is 16.5 Å². The highest BCUT2D eigenvalue weighted by Crippen LogP contribution is 2.16. The Morgan fingerprint density at radius 1 is 1.43 bits per heavy atom. The minimum atomic E-state index is 0.199. The summed E-state index contributed by atoms with van der Waals surface area (Å²) in [6.45, 7) is 6.28. The minimum absolute atomic E-state index is 0.199. The fraction of sp³-hybridized carbons (Fsp3) is 0.636. The van der Waals surface area contributed by atoms with E-state index in [2.05, 4.69) is 19.2 Å². The Labute approximate surface area is 85.1 Å². The van der Waals surface area contributed by atoms with E-state index in [0.29, 0.717) is 6.04 Å². The molecular weight excluding hydrogens is 178 g/mol. The lowest BCUT2D eigenvalue weighted by atomic mass is 10.2. The smallest absolute Gasteiger partial charge is 0.120 e. The zero-order chi connectivity index (χ0) is 10.6. The Morgan fingerprint density at radius 2 is 2.14 bits per heavy atom. The lowest BCUT2D eigenvalue weighted by Gasteiger charge is -2.17. The van der Waals surface area contributed by atoms with Crippen molar-refractivity contribution in [1.82, 2.24) is 5.32 Å². The maximum Gasteiger partial charge on any atom is 0.120 e. The van der Waals surface area contributed by atoms with E-state index >= 15 is 0 Å². The molecule has 0 aromatic carbocycles. The lowest BCUT2D eigenvalue weighted by molar-refractivity contribution is 0.261. The molecule has 0 saturated carbocycles. The van der Waals surface area contributed by atoms with Crippen molar-refractivity contribution in [2.45, 2.75) is 39.3 Å². The van der Waals surface area contributed by atoms with Crippen LogP contribution in [-0.2, 0) is 0 Å². The summed E-state index contributed by atoms with van der Waals surface area (Å²) < 4.78 is 5.50. The average molecular weight is 197 g/mol. The van der Waals surface area contributed by atoms with Crippen LogP contribution in [0.25, 0.3) is 0 Å². The van der Waals surface area contributed by atoms with E-state index in [0.717, 1.165) is 17.9 Å². The standard InChI is InChI=1S/C11H19NO2/c1-8(6-7-13)12-10(3)11-5-4-9(2)14-11/h4-5,8,10,12-13H,6-7H2,1-3H3. The quantitative estimate of drug-likeness (QED) is 0.759. The molecule has 3 heteroatoms. The number of rotatable bonds is 5. The highest BCUT2D eigenvalue weighted by atomic mass is 16.3. The van der Waals surface area contributed by atoms with Crippen LogP contribution in [0.1, 0.15) is 37.8 Å². The summed E-state index contributed by atoms with van der Waals surface area (Å²) in [6.07, 6.45) is 0.768. The molecule has 1 aromatic heterocycles. The SMILES string of the molecule is Cc1ccc(C(C)NC(C)CCO)o1. The fourth-order valence-corrected chi connectivity index (χ4v) is 1.47. The van der Waals surface area contributed by atoms with Crippen LogP contribution in [0.2, 0.25) is 0 Å². The third-order valence-electron chi connectivity index (χ3n) is 2.28. The van der Waals surface area contributed by atoms with Crippen molar-refractivity contribution in [2.24, 2.45) is 0 Å². The van der Waals surface area contributed by atoms with Gasteiger partial charge in [0.05, 0.1) is 6.04 Å². The van der Waals surface area contributed by atoms with Crippen LogP contribution in [-0.4, -0.2) is 17.8 Å². The number of aryl methyl sites for hydroxylation is 1. The molecule has 0 amide bonds. The van der Waals surface area contributed by atoms with Gasteiger partial charge in [0, 0.05) is 12.6 Å². The van der Waals surface area contributed by atoms with E-state index < -0.39 is 0 Å². The molecule has 1 aromatic rings. The molecule has 0 spiro atoms. The Balaban J connectivity index is 2.45. The van der Waals surface area contributed by atoms with Gasteiger partial charge in [-0.05, 0) is 39.3 Å². The number of hydrogen-bond donors (Lipinski definition) is 2. The van der Waals surface area contributed by atoms with Gasteiger partial charge in [0.2, 0.25) is 0 Å². The van der Waals surface area contributed by atoms with E-state index in [4.69, 9.17) is 9.52 Å². The molecule has 14 heavy (non-hydrogen) atoms. The molecule has 0 aliphatic heterocycles. The van der Waals surface area contributed by atoms with Crippen LogP contribution in [0, 0.1) is 6.92 Å². The zero-order valence-electron chi connectivity index (χ0n) is 9.08. The number of hydrogen-bond acceptors (Lipinski definition) is 3. The average Bonchev–Trinajstić information content (AvgIpc) is 2.52. The van der Waals surface area contributed by atoms with Gasteiger partial charge >= 0.3 is 0 Å². The Bertz CT molecular complexity index is 270. The van der Waals surface area contributed by atoms with Gasteiger partial charge in [-0.15, -0.1) is 0 Å². The number of aliphatic hydroxyl groups is 1. The molecule has 0 bridgehead atoms. The second-order valence-corrected chi connectivity index (χ2v) is 3.75. The summed E-state index contributed by atoms with van der Waals surface area (Å²) in [5.41, 5.74) is 0. The summed E-state index contributed by atoms with van der Waals surface area (Å²) in [7, 11) is 0. The third-order valence-corrected chi connectivity index (χ3v) is 2.28. The topological polar surface area (TPSA) is 45.4 Å². The summed E-state index contributed by atoms with van der Waals surface area (Å²) in [4.78, 5) is 0. The van der Waals surface area contributed by atoms with Crippen molar-refractivity contribution in [3.8, 4) is 0 Å². The largest absolute Gasteiger partial charge is 0.465 e. The van der Waals surface area contributed by atoms with Crippen LogP contribution >= 0.6 is 0 Å². The van der Waals surface area contributed by atoms with Crippen molar-refractivity contribution >= 4 is 0 Å². The maximum absolute atomic E-state index is 8.76. The van der Waals surface area contributed by atoms with E-state index in [1.165, 1.54) is 0 Å². The van der Waals surface area contributed by atoms with Crippen LogP contribution in [0.5, 0.6) is 0 Å². The molecule has 0 aliphatic rings.